The molecule has 2 aliphatic rings. The molecule has 0 radical (unpaired) electrons. The van der Waals surface area contributed by atoms with Crippen LogP contribution in [0.2, 0.25) is 0 Å². The minimum Gasteiger partial charge on any atom is -0.298 e. The van der Waals surface area contributed by atoms with Crippen LogP contribution in [0.3, 0.4) is 0 Å². The molecule has 24 heavy (non-hydrogen) atoms. The molecule has 0 amide bonds. The second-order valence-electron chi connectivity index (χ2n) is 10.8. The van der Waals surface area contributed by atoms with Crippen molar-refractivity contribution in [2.24, 2.45) is 0 Å². The summed E-state index contributed by atoms with van der Waals surface area (Å²) < 4.78 is 0. The maximum atomic E-state index is 2.68. The molecular formula is C20H42N4. The highest BCUT2D eigenvalue weighted by Crippen LogP contribution is 2.32. The van der Waals surface area contributed by atoms with Crippen molar-refractivity contribution < 1.29 is 0 Å². The van der Waals surface area contributed by atoms with Crippen LogP contribution in [-0.2, 0) is 0 Å². The van der Waals surface area contributed by atoms with Crippen molar-refractivity contribution in [2.45, 2.75) is 77.5 Å². The SMILES string of the molecule is CN1C(C)(C)CN(CCN2CC(C)(C)N(C)C(C)(C)C2)CC1(C)C. The topological polar surface area (TPSA) is 13.0 Å². The highest BCUT2D eigenvalue weighted by atomic mass is 15.4. The van der Waals surface area contributed by atoms with Gasteiger partial charge in [-0.1, -0.05) is 0 Å². The monoisotopic (exact) mass is 338 g/mol. The molecule has 2 rings (SSSR count). The Kier molecular flexibility index (Phi) is 5.23. The Morgan fingerprint density at radius 1 is 0.500 bits per heavy atom. The third kappa shape index (κ3) is 3.98. The van der Waals surface area contributed by atoms with Crippen LogP contribution in [0.25, 0.3) is 0 Å². The van der Waals surface area contributed by atoms with E-state index >= 15 is 0 Å². The van der Waals surface area contributed by atoms with Crippen molar-refractivity contribution in [3.8, 4) is 0 Å². The molecule has 2 fully saturated rings. The fourth-order valence-electron chi connectivity index (χ4n) is 4.96. The molecule has 4 nitrogen and oxygen atoms in total. The van der Waals surface area contributed by atoms with Crippen molar-refractivity contribution in [3.63, 3.8) is 0 Å². The van der Waals surface area contributed by atoms with E-state index in [4.69, 9.17) is 0 Å². The molecular weight excluding hydrogens is 296 g/mol. The quantitative estimate of drug-likeness (QED) is 0.784. The highest BCUT2D eigenvalue weighted by Gasteiger charge is 2.44. The van der Waals surface area contributed by atoms with Gasteiger partial charge in [0.1, 0.15) is 0 Å². The van der Waals surface area contributed by atoms with E-state index in [1.807, 2.05) is 0 Å². The molecule has 0 aromatic heterocycles. The van der Waals surface area contributed by atoms with Gasteiger partial charge in [0.15, 0.2) is 0 Å². The lowest BCUT2D eigenvalue weighted by Crippen LogP contribution is -2.69. The molecule has 2 heterocycles. The molecule has 0 bridgehead atoms. The Balaban J connectivity index is 1.99. The number of hydrogen-bond acceptors (Lipinski definition) is 4. The van der Waals surface area contributed by atoms with Gasteiger partial charge in [-0.3, -0.25) is 19.6 Å². The lowest BCUT2D eigenvalue weighted by molar-refractivity contribution is -0.0691. The first kappa shape index (κ1) is 20.2. The standard InChI is InChI=1S/C20H42N4/c1-17(2)13-23(14-18(3,4)21(17)9)11-12-24-15-19(5,6)22(10)20(7,8)16-24/h11-16H2,1-10H3. The van der Waals surface area contributed by atoms with Crippen LogP contribution >= 0.6 is 0 Å². The second kappa shape index (κ2) is 6.22. The zero-order chi connectivity index (χ0) is 18.6. The van der Waals surface area contributed by atoms with Gasteiger partial charge in [-0.2, -0.15) is 0 Å². The largest absolute Gasteiger partial charge is 0.298 e. The van der Waals surface area contributed by atoms with Crippen LogP contribution in [0.5, 0.6) is 0 Å². The van der Waals surface area contributed by atoms with Gasteiger partial charge < -0.3 is 0 Å². The third-order valence-corrected chi connectivity index (χ3v) is 6.81. The minimum absolute atomic E-state index is 0.238. The summed E-state index contributed by atoms with van der Waals surface area (Å²) in [5, 5.41) is 0. The molecule has 142 valence electrons. The second-order valence-corrected chi connectivity index (χ2v) is 10.8. The molecule has 0 atom stereocenters. The van der Waals surface area contributed by atoms with Crippen LogP contribution in [0.1, 0.15) is 55.4 Å². The molecule has 0 aromatic rings. The Hall–Kier alpha value is -0.160. The lowest BCUT2D eigenvalue weighted by Gasteiger charge is -2.56. The first-order chi connectivity index (χ1) is 10.7. The lowest BCUT2D eigenvalue weighted by atomic mass is 9.87. The molecule has 2 aliphatic heterocycles. The van der Waals surface area contributed by atoms with Crippen molar-refractivity contribution in [1.82, 2.24) is 19.6 Å². The number of rotatable bonds is 3. The molecule has 0 aliphatic carbocycles. The van der Waals surface area contributed by atoms with Crippen molar-refractivity contribution in [3.05, 3.63) is 0 Å². The predicted molar refractivity (Wildman–Crippen MR) is 105 cm³/mol. The Morgan fingerprint density at radius 2 is 0.708 bits per heavy atom. The number of likely N-dealkylation sites (N-methyl/N-ethyl adjacent to an activating group) is 2. The first-order valence-electron chi connectivity index (χ1n) is 9.60. The van der Waals surface area contributed by atoms with E-state index in [-0.39, 0.29) is 22.2 Å². The maximum absolute atomic E-state index is 2.68. The summed E-state index contributed by atoms with van der Waals surface area (Å²) >= 11 is 0. The summed E-state index contributed by atoms with van der Waals surface area (Å²) in [6.07, 6.45) is 0. The van der Waals surface area contributed by atoms with E-state index < -0.39 is 0 Å². The van der Waals surface area contributed by atoms with Crippen molar-refractivity contribution >= 4 is 0 Å². The van der Waals surface area contributed by atoms with Gasteiger partial charge in [-0.05, 0) is 69.5 Å². The first-order valence-corrected chi connectivity index (χ1v) is 9.60. The van der Waals surface area contributed by atoms with E-state index in [1.165, 1.54) is 13.1 Å². The summed E-state index contributed by atoms with van der Waals surface area (Å²) in [5.41, 5.74) is 0.954. The van der Waals surface area contributed by atoms with Gasteiger partial charge in [-0.15, -0.1) is 0 Å². The van der Waals surface area contributed by atoms with Crippen LogP contribution in [0.4, 0.5) is 0 Å². The Labute approximate surface area is 151 Å². The smallest absolute Gasteiger partial charge is 0.0283 e. The van der Waals surface area contributed by atoms with Gasteiger partial charge in [-0.25, -0.2) is 0 Å². The van der Waals surface area contributed by atoms with Gasteiger partial charge >= 0.3 is 0 Å². The Bertz CT molecular complexity index is 375. The van der Waals surface area contributed by atoms with Gasteiger partial charge in [0, 0.05) is 61.4 Å². The van der Waals surface area contributed by atoms with Gasteiger partial charge in [0.2, 0.25) is 0 Å². The normalized spacial score (nSPS) is 31.2. The van der Waals surface area contributed by atoms with Crippen molar-refractivity contribution in [2.75, 3.05) is 53.4 Å². The average Bonchev–Trinajstić information content (AvgIpc) is 2.38. The van der Waals surface area contributed by atoms with Crippen LogP contribution in [-0.4, -0.2) is 95.1 Å². The summed E-state index contributed by atoms with van der Waals surface area (Å²) in [5.74, 6) is 0. The summed E-state index contributed by atoms with van der Waals surface area (Å²) in [6, 6.07) is 0. The van der Waals surface area contributed by atoms with Crippen LogP contribution in [0.15, 0.2) is 0 Å². The minimum atomic E-state index is 0.238. The molecule has 4 heteroatoms. The molecule has 0 spiro atoms. The van der Waals surface area contributed by atoms with Crippen molar-refractivity contribution in [1.29, 1.82) is 0 Å². The van der Waals surface area contributed by atoms with Crippen LogP contribution < -0.4 is 0 Å². The van der Waals surface area contributed by atoms with Gasteiger partial charge in [0.25, 0.3) is 0 Å². The third-order valence-electron chi connectivity index (χ3n) is 6.81. The molecule has 0 aromatic carbocycles. The Morgan fingerprint density at radius 3 is 0.917 bits per heavy atom. The zero-order valence-electron chi connectivity index (χ0n) is 18.0. The van der Waals surface area contributed by atoms with E-state index in [2.05, 4.69) is 89.1 Å². The summed E-state index contributed by atoms with van der Waals surface area (Å²) in [4.78, 5) is 10.5. The summed E-state index contributed by atoms with van der Waals surface area (Å²) in [7, 11) is 4.56. The maximum Gasteiger partial charge on any atom is 0.0283 e. The van der Waals surface area contributed by atoms with Crippen LogP contribution in [0, 0.1) is 0 Å². The zero-order valence-corrected chi connectivity index (χ0v) is 18.0. The number of hydrogen-bond donors (Lipinski definition) is 0. The van der Waals surface area contributed by atoms with E-state index in [1.54, 1.807) is 0 Å². The van der Waals surface area contributed by atoms with E-state index in [0.29, 0.717) is 0 Å². The molecule has 2 saturated heterocycles. The summed E-state index contributed by atoms with van der Waals surface area (Å²) in [6.45, 7) is 26.0. The predicted octanol–water partition coefficient (Wildman–Crippen LogP) is 2.60. The fourth-order valence-corrected chi connectivity index (χ4v) is 4.96. The highest BCUT2D eigenvalue weighted by molar-refractivity contribution is 5.01. The molecule has 0 N–H and O–H groups in total. The molecule has 0 saturated carbocycles. The number of nitrogens with zero attached hydrogens (tertiary/aromatic N) is 4. The van der Waals surface area contributed by atoms with Gasteiger partial charge in [0.05, 0.1) is 0 Å². The van der Waals surface area contributed by atoms with E-state index in [0.717, 1.165) is 26.2 Å². The fraction of sp³-hybridized carbons (Fsp3) is 1.00. The van der Waals surface area contributed by atoms with E-state index in [9.17, 15) is 0 Å². The average molecular weight is 339 g/mol. The molecule has 0 unspecified atom stereocenters. The number of piperazine rings is 2.